The van der Waals surface area contributed by atoms with E-state index in [9.17, 15) is 9.59 Å². The van der Waals surface area contributed by atoms with Gasteiger partial charge >= 0.3 is 0 Å². The minimum atomic E-state index is 0.0140. The highest BCUT2D eigenvalue weighted by molar-refractivity contribution is 9.11. The molecule has 0 aliphatic rings. The van der Waals surface area contributed by atoms with E-state index in [1.807, 2.05) is 19.1 Å². The van der Waals surface area contributed by atoms with Crippen LogP contribution in [0.15, 0.2) is 15.9 Å². The molecular formula is C13H19BrN2O2S. The third-order valence-electron chi connectivity index (χ3n) is 2.62. The Labute approximate surface area is 126 Å². The van der Waals surface area contributed by atoms with Crippen LogP contribution in [0, 0.1) is 0 Å². The predicted octanol–water partition coefficient (Wildman–Crippen LogP) is 2.78. The van der Waals surface area contributed by atoms with Gasteiger partial charge in [0.2, 0.25) is 11.8 Å². The number of hydrogen-bond acceptors (Lipinski definition) is 3. The van der Waals surface area contributed by atoms with Crippen LogP contribution in [0.1, 0.15) is 31.1 Å². The molecule has 6 heteroatoms. The Morgan fingerprint density at radius 1 is 1.37 bits per heavy atom. The van der Waals surface area contributed by atoms with Crippen molar-refractivity contribution in [2.45, 2.75) is 32.7 Å². The summed E-state index contributed by atoms with van der Waals surface area (Å²) in [6.45, 7) is 3.15. The number of carbonyl (C=O) groups excluding carboxylic acids is 2. The van der Waals surface area contributed by atoms with Crippen molar-refractivity contribution in [3.63, 3.8) is 0 Å². The fourth-order valence-corrected chi connectivity index (χ4v) is 3.17. The standard InChI is InChI=1S/C13H19BrN2O2S/c1-3-15-12(17)5-4-6-13(18)16(2)9-10-7-8-11(14)19-10/h7-8H,3-6,9H2,1-2H3,(H,15,17). The zero-order valence-electron chi connectivity index (χ0n) is 11.2. The lowest BCUT2D eigenvalue weighted by Crippen LogP contribution is -2.26. The largest absolute Gasteiger partial charge is 0.356 e. The average molecular weight is 347 g/mol. The number of halogens is 1. The summed E-state index contributed by atoms with van der Waals surface area (Å²) in [6.07, 6.45) is 1.43. The summed E-state index contributed by atoms with van der Waals surface area (Å²) in [6, 6.07) is 3.99. The van der Waals surface area contributed by atoms with Gasteiger partial charge in [-0.3, -0.25) is 9.59 Å². The Morgan fingerprint density at radius 3 is 2.68 bits per heavy atom. The molecule has 1 rings (SSSR count). The van der Waals surface area contributed by atoms with Gasteiger partial charge in [0.05, 0.1) is 10.3 Å². The van der Waals surface area contributed by atoms with E-state index in [0.717, 1.165) is 8.66 Å². The molecule has 0 fully saturated rings. The number of carbonyl (C=O) groups is 2. The van der Waals surface area contributed by atoms with Crippen LogP contribution in [-0.2, 0) is 16.1 Å². The van der Waals surface area contributed by atoms with Crippen molar-refractivity contribution in [1.82, 2.24) is 10.2 Å². The molecule has 0 saturated heterocycles. The molecule has 0 bridgehead atoms. The predicted molar refractivity (Wildman–Crippen MR) is 81.0 cm³/mol. The number of amides is 2. The molecule has 0 aromatic carbocycles. The highest BCUT2D eigenvalue weighted by atomic mass is 79.9. The SMILES string of the molecule is CCNC(=O)CCCC(=O)N(C)Cc1ccc(Br)s1. The van der Waals surface area contributed by atoms with Gasteiger partial charge in [-0.1, -0.05) is 0 Å². The smallest absolute Gasteiger partial charge is 0.222 e. The van der Waals surface area contributed by atoms with Crippen LogP contribution >= 0.6 is 27.3 Å². The summed E-state index contributed by atoms with van der Waals surface area (Å²) in [5.41, 5.74) is 0. The van der Waals surface area contributed by atoms with Crippen molar-refractivity contribution in [2.24, 2.45) is 0 Å². The first-order chi connectivity index (χ1) is 9.02. The number of hydrogen-bond donors (Lipinski definition) is 1. The maximum absolute atomic E-state index is 11.9. The van der Waals surface area contributed by atoms with Gasteiger partial charge in [0.25, 0.3) is 0 Å². The summed E-state index contributed by atoms with van der Waals surface area (Å²) >= 11 is 5.03. The summed E-state index contributed by atoms with van der Waals surface area (Å²) in [7, 11) is 1.79. The molecule has 1 aromatic rings. The van der Waals surface area contributed by atoms with Gasteiger partial charge in [-0.25, -0.2) is 0 Å². The Morgan fingerprint density at radius 2 is 2.11 bits per heavy atom. The normalized spacial score (nSPS) is 10.3. The highest BCUT2D eigenvalue weighted by Crippen LogP contribution is 2.23. The molecular weight excluding hydrogens is 328 g/mol. The van der Waals surface area contributed by atoms with E-state index in [2.05, 4.69) is 21.2 Å². The first kappa shape index (κ1) is 16.2. The molecule has 0 atom stereocenters. The van der Waals surface area contributed by atoms with E-state index in [0.29, 0.717) is 32.4 Å². The number of thiophene rings is 1. The van der Waals surface area contributed by atoms with Gasteiger partial charge in [-0.2, -0.15) is 0 Å². The third kappa shape index (κ3) is 6.20. The van der Waals surface area contributed by atoms with Gasteiger partial charge in [-0.15, -0.1) is 11.3 Å². The van der Waals surface area contributed by atoms with Crippen LogP contribution in [0.5, 0.6) is 0 Å². The molecule has 106 valence electrons. The molecule has 0 aliphatic heterocycles. The number of nitrogens with one attached hydrogen (secondary N) is 1. The molecule has 1 heterocycles. The van der Waals surface area contributed by atoms with Gasteiger partial charge < -0.3 is 10.2 Å². The third-order valence-corrected chi connectivity index (χ3v) is 4.22. The van der Waals surface area contributed by atoms with Crippen LogP contribution < -0.4 is 5.32 Å². The van der Waals surface area contributed by atoms with E-state index < -0.39 is 0 Å². The molecule has 0 spiro atoms. The van der Waals surface area contributed by atoms with Crippen molar-refractivity contribution in [2.75, 3.05) is 13.6 Å². The quantitative estimate of drug-likeness (QED) is 0.825. The molecule has 1 N–H and O–H groups in total. The first-order valence-corrected chi connectivity index (χ1v) is 7.88. The van der Waals surface area contributed by atoms with E-state index in [4.69, 9.17) is 0 Å². The van der Waals surface area contributed by atoms with Crippen molar-refractivity contribution in [1.29, 1.82) is 0 Å². The lowest BCUT2D eigenvalue weighted by molar-refractivity contribution is -0.130. The molecule has 0 aliphatic carbocycles. The van der Waals surface area contributed by atoms with Crippen molar-refractivity contribution in [3.8, 4) is 0 Å². The minimum Gasteiger partial charge on any atom is -0.356 e. The number of nitrogens with zero attached hydrogens (tertiary/aromatic N) is 1. The van der Waals surface area contributed by atoms with Gasteiger partial charge in [0.15, 0.2) is 0 Å². The Kier molecular flexibility index (Phi) is 7.09. The second kappa shape index (κ2) is 8.32. The lowest BCUT2D eigenvalue weighted by Gasteiger charge is -2.16. The van der Waals surface area contributed by atoms with E-state index in [1.165, 1.54) is 0 Å². The fourth-order valence-electron chi connectivity index (χ4n) is 1.64. The van der Waals surface area contributed by atoms with Crippen LogP contribution in [0.3, 0.4) is 0 Å². The summed E-state index contributed by atoms with van der Waals surface area (Å²) in [4.78, 5) is 26.0. The molecule has 2 amide bonds. The van der Waals surface area contributed by atoms with E-state index >= 15 is 0 Å². The van der Waals surface area contributed by atoms with Gasteiger partial charge in [0.1, 0.15) is 0 Å². The van der Waals surface area contributed by atoms with Gasteiger partial charge in [-0.05, 0) is 41.4 Å². The minimum absolute atomic E-state index is 0.0140. The van der Waals surface area contributed by atoms with E-state index in [-0.39, 0.29) is 11.8 Å². The molecule has 0 saturated carbocycles. The fraction of sp³-hybridized carbons (Fsp3) is 0.538. The molecule has 1 aromatic heterocycles. The van der Waals surface area contributed by atoms with Crippen LogP contribution in [0.25, 0.3) is 0 Å². The second-order valence-corrected chi connectivity index (χ2v) is 6.81. The van der Waals surface area contributed by atoms with Crippen molar-refractivity contribution in [3.05, 3.63) is 20.8 Å². The maximum Gasteiger partial charge on any atom is 0.222 e. The number of rotatable bonds is 7. The highest BCUT2D eigenvalue weighted by Gasteiger charge is 2.11. The molecule has 0 unspecified atom stereocenters. The van der Waals surface area contributed by atoms with Crippen LogP contribution in [0.4, 0.5) is 0 Å². The second-order valence-electron chi connectivity index (χ2n) is 4.26. The van der Waals surface area contributed by atoms with Crippen LogP contribution in [-0.4, -0.2) is 30.3 Å². The topological polar surface area (TPSA) is 49.4 Å². The molecule has 4 nitrogen and oxygen atoms in total. The maximum atomic E-state index is 11.9. The van der Waals surface area contributed by atoms with Crippen molar-refractivity contribution >= 4 is 39.1 Å². The Balaban J connectivity index is 2.27. The first-order valence-electron chi connectivity index (χ1n) is 6.27. The Hall–Kier alpha value is -0.880. The van der Waals surface area contributed by atoms with E-state index in [1.54, 1.807) is 23.3 Å². The zero-order chi connectivity index (χ0) is 14.3. The Bertz CT molecular complexity index is 434. The lowest BCUT2D eigenvalue weighted by atomic mass is 10.2. The summed E-state index contributed by atoms with van der Waals surface area (Å²) < 4.78 is 1.07. The van der Waals surface area contributed by atoms with Crippen molar-refractivity contribution < 1.29 is 9.59 Å². The van der Waals surface area contributed by atoms with Crippen LogP contribution in [0.2, 0.25) is 0 Å². The summed E-state index contributed by atoms with van der Waals surface area (Å²) in [5, 5.41) is 2.72. The molecule has 0 radical (unpaired) electrons. The van der Waals surface area contributed by atoms with Gasteiger partial charge in [0, 0.05) is 31.3 Å². The average Bonchev–Trinajstić information content (AvgIpc) is 2.75. The monoisotopic (exact) mass is 346 g/mol. The molecule has 19 heavy (non-hydrogen) atoms. The zero-order valence-corrected chi connectivity index (χ0v) is 13.6. The summed E-state index contributed by atoms with van der Waals surface area (Å²) in [5.74, 6) is 0.0916.